The van der Waals surface area contributed by atoms with Gasteiger partial charge >= 0.3 is 0 Å². The minimum Gasteiger partial charge on any atom is -0.337 e. The summed E-state index contributed by atoms with van der Waals surface area (Å²) in [5, 5.41) is 4.51. The first-order valence-corrected chi connectivity index (χ1v) is 8.78. The largest absolute Gasteiger partial charge is 0.337 e. The van der Waals surface area contributed by atoms with Gasteiger partial charge in [-0.05, 0) is 31.0 Å². The summed E-state index contributed by atoms with van der Waals surface area (Å²) < 4.78 is 5.26. The van der Waals surface area contributed by atoms with Crippen LogP contribution in [-0.4, -0.2) is 28.0 Å². The van der Waals surface area contributed by atoms with Gasteiger partial charge in [0.1, 0.15) is 0 Å². The van der Waals surface area contributed by atoms with Gasteiger partial charge in [-0.2, -0.15) is 4.98 Å². The maximum absolute atomic E-state index is 12.3. The van der Waals surface area contributed by atoms with Gasteiger partial charge in [0, 0.05) is 19.0 Å². The Labute approximate surface area is 157 Å². The third kappa shape index (κ3) is 4.49. The van der Waals surface area contributed by atoms with Crippen LogP contribution in [0.1, 0.15) is 23.4 Å². The van der Waals surface area contributed by atoms with Crippen molar-refractivity contribution in [3.63, 3.8) is 0 Å². The molecule has 2 aromatic carbocycles. The molecule has 3 rings (SSSR count). The van der Waals surface area contributed by atoms with Crippen LogP contribution in [-0.2, 0) is 17.8 Å². The standard InChI is InChI=1S/C20H20ClN3O2/c1-14-7-9-15(10-8-14)11-12-19(25)24(2)13-18-22-20(23-26-18)16-5-3-4-6-17(16)21/h3-10H,11-13H2,1-2H3. The molecule has 0 N–H and O–H groups in total. The second-order valence-electron chi connectivity index (χ2n) is 6.23. The number of carbonyl (C=O) groups excluding carboxylic acids is 1. The summed E-state index contributed by atoms with van der Waals surface area (Å²) in [7, 11) is 1.73. The van der Waals surface area contributed by atoms with Crippen LogP contribution < -0.4 is 0 Å². The second kappa shape index (κ2) is 8.15. The molecule has 0 saturated carbocycles. The minimum atomic E-state index is 0.0306. The molecule has 0 unspecified atom stereocenters. The van der Waals surface area contributed by atoms with E-state index in [0.717, 1.165) is 5.56 Å². The minimum absolute atomic E-state index is 0.0306. The number of aromatic nitrogens is 2. The second-order valence-corrected chi connectivity index (χ2v) is 6.63. The maximum atomic E-state index is 12.3. The number of halogens is 1. The van der Waals surface area contributed by atoms with Crippen molar-refractivity contribution >= 4 is 17.5 Å². The Morgan fingerprint density at radius 1 is 1.15 bits per heavy atom. The van der Waals surface area contributed by atoms with Crippen molar-refractivity contribution in [3.8, 4) is 11.4 Å². The molecule has 0 spiro atoms. The summed E-state index contributed by atoms with van der Waals surface area (Å²) in [4.78, 5) is 18.3. The van der Waals surface area contributed by atoms with Gasteiger partial charge in [-0.3, -0.25) is 4.79 Å². The SMILES string of the molecule is Cc1ccc(CCC(=O)N(C)Cc2nc(-c3ccccc3Cl)no2)cc1. The molecule has 0 aliphatic carbocycles. The Morgan fingerprint density at radius 3 is 2.62 bits per heavy atom. The highest BCUT2D eigenvalue weighted by atomic mass is 35.5. The van der Waals surface area contributed by atoms with Gasteiger partial charge in [-0.1, -0.05) is 58.7 Å². The lowest BCUT2D eigenvalue weighted by molar-refractivity contribution is -0.130. The molecule has 0 radical (unpaired) electrons. The molecule has 3 aromatic rings. The Kier molecular flexibility index (Phi) is 5.68. The number of carbonyl (C=O) groups is 1. The Balaban J connectivity index is 1.57. The Hall–Kier alpha value is -2.66. The van der Waals surface area contributed by atoms with Crippen molar-refractivity contribution < 1.29 is 9.32 Å². The molecule has 6 heteroatoms. The highest BCUT2D eigenvalue weighted by molar-refractivity contribution is 6.33. The van der Waals surface area contributed by atoms with E-state index in [-0.39, 0.29) is 12.5 Å². The average Bonchev–Trinajstić information content (AvgIpc) is 3.09. The van der Waals surface area contributed by atoms with Crippen LogP contribution in [0.2, 0.25) is 5.02 Å². The zero-order chi connectivity index (χ0) is 18.5. The number of aryl methyl sites for hydroxylation is 2. The van der Waals surface area contributed by atoms with Crippen LogP contribution >= 0.6 is 11.6 Å². The van der Waals surface area contributed by atoms with Crippen molar-refractivity contribution in [1.29, 1.82) is 0 Å². The summed E-state index contributed by atoms with van der Waals surface area (Å²) in [6.07, 6.45) is 1.14. The van der Waals surface area contributed by atoms with Crippen molar-refractivity contribution in [2.75, 3.05) is 7.05 Å². The molecule has 26 heavy (non-hydrogen) atoms. The number of hydrogen-bond donors (Lipinski definition) is 0. The molecule has 0 fully saturated rings. The van der Waals surface area contributed by atoms with Gasteiger partial charge in [-0.25, -0.2) is 0 Å². The lowest BCUT2D eigenvalue weighted by atomic mass is 10.1. The van der Waals surface area contributed by atoms with Crippen LogP contribution in [0.15, 0.2) is 53.1 Å². The number of rotatable bonds is 6. The average molecular weight is 370 g/mol. The van der Waals surface area contributed by atoms with Gasteiger partial charge < -0.3 is 9.42 Å². The fourth-order valence-electron chi connectivity index (χ4n) is 2.56. The lowest BCUT2D eigenvalue weighted by Gasteiger charge is -2.14. The number of benzene rings is 2. The van der Waals surface area contributed by atoms with E-state index in [0.29, 0.717) is 35.1 Å². The molecule has 1 aromatic heterocycles. The first kappa shape index (κ1) is 18.1. The van der Waals surface area contributed by atoms with Crippen LogP contribution in [0.25, 0.3) is 11.4 Å². The number of hydrogen-bond acceptors (Lipinski definition) is 4. The summed E-state index contributed by atoms with van der Waals surface area (Å²) in [6.45, 7) is 2.31. The molecule has 0 aliphatic rings. The predicted octanol–water partition coefficient (Wildman–Crippen LogP) is 4.29. The van der Waals surface area contributed by atoms with Gasteiger partial charge in [-0.15, -0.1) is 0 Å². The molecule has 5 nitrogen and oxygen atoms in total. The summed E-state index contributed by atoms with van der Waals surface area (Å²) in [5.74, 6) is 0.834. The molecule has 0 bridgehead atoms. The van der Waals surface area contributed by atoms with E-state index >= 15 is 0 Å². The van der Waals surface area contributed by atoms with E-state index in [4.69, 9.17) is 16.1 Å². The van der Waals surface area contributed by atoms with Gasteiger partial charge in [0.25, 0.3) is 0 Å². The van der Waals surface area contributed by atoms with Crippen molar-refractivity contribution in [2.24, 2.45) is 0 Å². The predicted molar refractivity (Wildman–Crippen MR) is 101 cm³/mol. The van der Waals surface area contributed by atoms with E-state index in [1.165, 1.54) is 5.56 Å². The normalized spacial score (nSPS) is 10.7. The molecule has 0 saturated heterocycles. The topological polar surface area (TPSA) is 59.2 Å². The van der Waals surface area contributed by atoms with Gasteiger partial charge in [0.15, 0.2) is 0 Å². The van der Waals surface area contributed by atoms with E-state index in [1.807, 2.05) is 25.1 Å². The van der Waals surface area contributed by atoms with Crippen molar-refractivity contribution in [3.05, 3.63) is 70.6 Å². The quantitative estimate of drug-likeness (QED) is 0.650. The van der Waals surface area contributed by atoms with E-state index in [1.54, 1.807) is 18.0 Å². The monoisotopic (exact) mass is 369 g/mol. The highest BCUT2D eigenvalue weighted by Gasteiger charge is 2.15. The van der Waals surface area contributed by atoms with Crippen LogP contribution in [0.5, 0.6) is 0 Å². The van der Waals surface area contributed by atoms with Crippen molar-refractivity contribution in [1.82, 2.24) is 15.0 Å². The first-order valence-electron chi connectivity index (χ1n) is 8.40. The summed E-state index contributed by atoms with van der Waals surface area (Å²) in [5.41, 5.74) is 3.07. The van der Waals surface area contributed by atoms with Crippen LogP contribution in [0.3, 0.4) is 0 Å². The zero-order valence-electron chi connectivity index (χ0n) is 14.8. The first-order chi connectivity index (χ1) is 12.5. The van der Waals surface area contributed by atoms with Crippen LogP contribution in [0.4, 0.5) is 0 Å². The molecule has 0 atom stereocenters. The summed E-state index contributed by atoms with van der Waals surface area (Å²) >= 11 is 6.15. The Morgan fingerprint density at radius 2 is 1.88 bits per heavy atom. The molecular weight excluding hydrogens is 350 g/mol. The molecule has 1 amide bonds. The van der Waals surface area contributed by atoms with Gasteiger partial charge in [0.05, 0.1) is 11.6 Å². The molecule has 1 heterocycles. The highest BCUT2D eigenvalue weighted by Crippen LogP contribution is 2.25. The van der Waals surface area contributed by atoms with Gasteiger partial charge in [0.2, 0.25) is 17.6 Å². The molecular formula is C20H20ClN3O2. The van der Waals surface area contributed by atoms with E-state index in [9.17, 15) is 4.79 Å². The third-order valence-electron chi connectivity index (χ3n) is 4.13. The fourth-order valence-corrected chi connectivity index (χ4v) is 2.78. The molecule has 0 aliphatic heterocycles. The fraction of sp³-hybridized carbons (Fsp3) is 0.250. The lowest BCUT2D eigenvalue weighted by Crippen LogP contribution is -2.26. The van der Waals surface area contributed by atoms with E-state index < -0.39 is 0 Å². The smallest absolute Gasteiger partial charge is 0.246 e. The summed E-state index contributed by atoms with van der Waals surface area (Å²) in [6, 6.07) is 15.5. The van der Waals surface area contributed by atoms with Crippen molar-refractivity contribution in [2.45, 2.75) is 26.3 Å². The third-order valence-corrected chi connectivity index (χ3v) is 4.46. The molecule has 134 valence electrons. The number of amides is 1. The number of nitrogens with zero attached hydrogens (tertiary/aromatic N) is 3. The Bertz CT molecular complexity index is 890. The van der Waals surface area contributed by atoms with E-state index in [2.05, 4.69) is 34.4 Å². The van der Waals surface area contributed by atoms with Crippen LogP contribution in [0, 0.1) is 6.92 Å². The maximum Gasteiger partial charge on any atom is 0.246 e. The zero-order valence-corrected chi connectivity index (χ0v) is 15.5.